The number of hydrogen-bond acceptors (Lipinski definition) is 5. The summed E-state index contributed by atoms with van der Waals surface area (Å²) in [5, 5.41) is 0.550. The number of benzene rings is 1. The third-order valence-corrected chi connectivity index (χ3v) is 5.78. The van der Waals surface area contributed by atoms with Gasteiger partial charge in [0, 0.05) is 37.8 Å². The molecule has 0 aliphatic carbocycles. The molecule has 31 heavy (non-hydrogen) atoms. The summed E-state index contributed by atoms with van der Waals surface area (Å²) >= 11 is 0. The van der Waals surface area contributed by atoms with E-state index in [0.717, 1.165) is 54.4 Å². The molecule has 5 rings (SSSR count). The molecule has 0 saturated carbocycles. The Morgan fingerprint density at radius 2 is 1.90 bits per heavy atom. The Morgan fingerprint density at radius 1 is 1.03 bits per heavy atom. The van der Waals surface area contributed by atoms with E-state index in [1.165, 1.54) is 6.42 Å². The molecule has 0 radical (unpaired) electrons. The van der Waals surface area contributed by atoms with Gasteiger partial charge < -0.3 is 14.4 Å². The Balaban J connectivity index is 1.54. The van der Waals surface area contributed by atoms with Gasteiger partial charge in [-0.15, -0.1) is 0 Å². The largest absolute Gasteiger partial charge is 0.491 e. The van der Waals surface area contributed by atoms with Crippen LogP contribution in [0.4, 0.5) is 10.1 Å². The van der Waals surface area contributed by atoms with Gasteiger partial charge in [0.15, 0.2) is 0 Å². The maximum atomic E-state index is 14.5. The van der Waals surface area contributed by atoms with Crippen molar-refractivity contribution in [1.29, 1.82) is 0 Å². The van der Waals surface area contributed by atoms with Crippen molar-refractivity contribution >= 4 is 22.2 Å². The summed E-state index contributed by atoms with van der Waals surface area (Å²) in [7, 11) is 1.65. The van der Waals surface area contributed by atoms with Crippen LogP contribution in [0.5, 0.6) is 5.75 Å². The predicted molar refractivity (Wildman–Crippen MR) is 119 cm³/mol. The molecule has 0 N–H and O–H groups in total. The van der Waals surface area contributed by atoms with Crippen molar-refractivity contribution in [2.45, 2.75) is 19.3 Å². The van der Waals surface area contributed by atoms with E-state index < -0.39 is 0 Å². The minimum absolute atomic E-state index is 0.245. The van der Waals surface area contributed by atoms with E-state index in [0.29, 0.717) is 24.1 Å². The first kappa shape index (κ1) is 19.8. The molecule has 0 amide bonds. The topological polar surface area (TPSA) is 51.9 Å². The van der Waals surface area contributed by atoms with Gasteiger partial charge in [0.05, 0.1) is 35.4 Å². The lowest BCUT2D eigenvalue weighted by molar-refractivity contribution is 0.146. The molecule has 7 heteroatoms. The molecule has 1 saturated heterocycles. The first-order valence-corrected chi connectivity index (χ1v) is 10.7. The minimum Gasteiger partial charge on any atom is -0.491 e. The molecule has 1 aromatic carbocycles. The number of halogens is 1. The number of methoxy groups -OCH3 is 1. The summed E-state index contributed by atoms with van der Waals surface area (Å²) in [6.45, 7) is 2.97. The van der Waals surface area contributed by atoms with Gasteiger partial charge in [-0.3, -0.25) is 4.40 Å². The van der Waals surface area contributed by atoms with E-state index in [2.05, 4.69) is 9.88 Å². The second-order valence-corrected chi connectivity index (χ2v) is 7.78. The third-order valence-electron chi connectivity index (χ3n) is 5.78. The highest BCUT2D eigenvalue weighted by Gasteiger charge is 2.18. The maximum Gasteiger partial charge on any atom is 0.140 e. The molecule has 4 heterocycles. The highest BCUT2D eigenvalue weighted by atomic mass is 19.1. The van der Waals surface area contributed by atoms with Crippen LogP contribution >= 0.6 is 0 Å². The molecule has 0 atom stereocenters. The highest BCUT2D eigenvalue weighted by Crippen LogP contribution is 2.32. The zero-order chi connectivity index (χ0) is 21.2. The van der Waals surface area contributed by atoms with E-state index in [1.54, 1.807) is 19.4 Å². The summed E-state index contributed by atoms with van der Waals surface area (Å²) < 4.78 is 27.2. The van der Waals surface area contributed by atoms with Gasteiger partial charge in [0.25, 0.3) is 0 Å². The van der Waals surface area contributed by atoms with Crippen LogP contribution in [0.25, 0.3) is 27.9 Å². The number of nitrogens with zero attached hydrogens (tertiary/aromatic N) is 4. The van der Waals surface area contributed by atoms with Crippen molar-refractivity contribution < 1.29 is 13.9 Å². The lowest BCUT2D eigenvalue weighted by atomic mass is 10.1. The molecule has 0 unspecified atom stereocenters. The van der Waals surface area contributed by atoms with E-state index in [-0.39, 0.29) is 5.82 Å². The van der Waals surface area contributed by atoms with Gasteiger partial charge in [-0.2, -0.15) is 0 Å². The summed E-state index contributed by atoms with van der Waals surface area (Å²) in [6, 6.07) is 10.9. The number of piperidine rings is 1. The summed E-state index contributed by atoms with van der Waals surface area (Å²) in [5.74, 6) is 0.494. The van der Waals surface area contributed by atoms with Crippen molar-refractivity contribution in [3.8, 4) is 17.1 Å². The molecule has 1 aliphatic heterocycles. The number of rotatable bonds is 6. The SMILES string of the molecule is COCCOc1ccn2c(-c3ccc4c(F)ccc(N5CCCCC5)c4n3)cnc2c1. The average molecular weight is 420 g/mol. The lowest BCUT2D eigenvalue weighted by Crippen LogP contribution is -2.29. The average Bonchev–Trinajstić information content (AvgIpc) is 3.23. The summed E-state index contributed by atoms with van der Waals surface area (Å²) in [6.07, 6.45) is 7.26. The fourth-order valence-corrected chi connectivity index (χ4v) is 4.18. The molecule has 6 nitrogen and oxygen atoms in total. The van der Waals surface area contributed by atoms with E-state index in [9.17, 15) is 4.39 Å². The van der Waals surface area contributed by atoms with Gasteiger partial charge in [-0.1, -0.05) is 0 Å². The van der Waals surface area contributed by atoms with E-state index in [4.69, 9.17) is 14.5 Å². The van der Waals surface area contributed by atoms with Crippen LogP contribution in [-0.2, 0) is 4.74 Å². The Morgan fingerprint density at radius 3 is 2.74 bits per heavy atom. The molecule has 0 spiro atoms. The molecule has 0 bridgehead atoms. The monoisotopic (exact) mass is 420 g/mol. The third kappa shape index (κ3) is 3.81. The Bertz CT molecular complexity index is 1220. The standard InChI is InChI=1S/C24H25FN4O2/c1-30-13-14-31-17-9-12-29-22(16-26-23(29)15-17)20-7-5-18-19(25)6-8-21(24(18)27-20)28-10-3-2-4-11-28/h5-9,12,15-16H,2-4,10-11,13-14H2,1H3. The van der Waals surface area contributed by atoms with E-state index in [1.807, 2.05) is 40.9 Å². The molecular weight excluding hydrogens is 395 g/mol. The molecule has 160 valence electrons. The summed E-state index contributed by atoms with van der Waals surface area (Å²) in [4.78, 5) is 11.7. The lowest BCUT2D eigenvalue weighted by Gasteiger charge is -2.29. The molecule has 1 aliphatic rings. The Labute approximate surface area is 180 Å². The Kier molecular flexibility index (Phi) is 5.42. The van der Waals surface area contributed by atoms with Crippen molar-refractivity contribution in [3.63, 3.8) is 0 Å². The minimum atomic E-state index is -0.245. The number of ether oxygens (including phenoxy) is 2. The van der Waals surface area contributed by atoms with E-state index >= 15 is 0 Å². The fraction of sp³-hybridized carbons (Fsp3) is 0.333. The number of pyridine rings is 2. The number of fused-ring (bicyclic) bond motifs is 2. The molecule has 1 fully saturated rings. The van der Waals surface area contributed by atoms with Gasteiger partial charge in [-0.05, 0) is 49.6 Å². The smallest absolute Gasteiger partial charge is 0.140 e. The van der Waals surface area contributed by atoms with Crippen molar-refractivity contribution in [2.24, 2.45) is 0 Å². The molecule has 3 aromatic heterocycles. The van der Waals surface area contributed by atoms with Crippen LogP contribution in [0.2, 0.25) is 0 Å². The predicted octanol–water partition coefficient (Wildman–Crippen LogP) is 4.70. The molecule has 4 aromatic rings. The fourth-order valence-electron chi connectivity index (χ4n) is 4.18. The zero-order valence-corrected chi connectivity index (χ0v) is 17.6. The Hall–Kier alpha value is -3.19. The molecular formula is C24H25FN4O2. The van der Waals surface area contributed by atoms with Crippen LogP contribution in [0.3, 0.4) is 0 Å². The van der Waals surface area contributed by atoms with Gasteiger partial charge in [0.2, 0.25) is 0 Å². The van der Waals surface area contributed by atoms with Crippen LogP contribution in [-0.4, -0.2) is 47.8 Å². The first-order valence-electron chi connectivity index (χ1n) is 10.7. The second kappa shape index (κ2) is 8.51. The first-order chi connectivity index (χ1) is 15.2. The number of anilines is 1. The normalized spacial score (nSPS) is 14.5. The van der Waals surface area contributed by atoms with Crippen molar-refractivity contribution in [3.05, 3.63) is 54.6 Å². The maximum absolute atomic E-state index is 14.5. The highest BCUT2D eigenvalue weighted by molar-refractivity contribution is 5.93. The van der Waals surface area contributed by atoms with Crippen LogP contribution in [0.1, 0.15) is 19.3 Å². The van der Waals surface area contributed by atoms with Gasteiger partial charge in [0.1, 0.15) is 23.8 Å². The second-order valence-electron chi connectivity index (χ2n) is 7.78. The van der Waals surface area contributed by atoms with Gasteiger partial charge in [-0.25, -0.2) is 14.4 Å². The van der Waals surface area contributed by atoms with Crippen molar-refractivity contribution in [2.75, 3.05) is 38.3 Å². The van der Waals surface area contributed by atoms with Crippen LogP contribution in [0, 0.1) is 5.82 Å². The van der Waals surface area contributed by atoms with Crippen LogP contribution < -0.4 is 9.64 Å². The summed E-state index contributed by atoms with van der Waals surface area (Å²) in [5.41, 5.74) is 4.09. The van der Waals surface area contributed by atoms with Crippen LogP contribution in [0.15, 0.2) is 48.8 Å². The quantitative estimate of drug-likeness (QED) is 0.423. The number of imidazole rings is 1. The zero-order valence-electron chi connectivity index (χ0n) is 17.6. The van der Waals surface area contributed by atoms with Gasteiger partial charge >= 0.3 is 0 Å². The van der Waals surface area contributed by atoms with Crippen molar-refractivity contribution in [1.82, 2.24) is 14.4 Å². The number of aromatic nitrogens is 3. The number of hydrogen-bond donors (Lipinski definition) is 0.